The van der Waals surface area contributed by atoms with E-state index in [9.17, 15) is 9.59 Å². The molecule has 0 spiro atoms. The summed E-state index contributed by atoms with van der Waals surface area (Å²) >= 11 is 0. The van der Waals surface area contributed by atoms with E-state index in [-0.39, 0.29) is 30.3 Å². The minimum absolute atomic E-state index is 0.0171. The first-order chi connectivity index (χ1) is 9.52. The van der Waals surface area contributed by atoms with Gasteiger partial charge in [0.1, 0.15) is 5.41 Å². The number of aliphatic hydroxyl groups is 1. The predicted octanol–water partition coefficient (Wildman–Crippen LogP) is 0.803. The second-order valence-electron chi connectivity index (χ2n) is 5.23. The normalized spacial score (nSPS) is 24.1. The van der Waals surface area contributed by atoms with Gasteiger partial charge in [0.2, 0.25) is 17.8 Å². The Hall–Kier alpha value is -1.43. The minimum Gasteiger partial charge on any atom is -0.396 e. The van der Waals surface area contributed by atoms with E-state index < -0.39 is 5.41 Å². The van der Waals surface area contributed by atoms with Gasteiger partial charge < -0.3 is 5.11 Å². The number of aliphatic imine (C=N–C) groups is 1. The molecule has 0 aromatic heterocycles. The number of amides is 2. The zero-order chi connectivity index (χ0) is 15.2. The maximum Gasteiger partial charge on any atom is 0.242 e. The number of hydrogen-bond donors (Lipinski definition) is 3. The van der Waals surface area contributed by atoms with E-state index >= 15 is 0 Å². The average molecular weight is 283 g/mol. The summed E-state index contributed by atoms with van der Waals surface area (Å²) in [5, 5.41) is 14.1. The molecular formula is C14H25N3O3. The molecule has 0 saturated carbocycles. The lowest BCUT2D eigenvalue weighted by Gasteiger charge is -2.39. The van der Waals surface area contributed by atoms with E-state index in [2.05, 4.69) is 15.6 Å². The predicted molar refractivity (Wildman–Crippen MR) is 77.1 cm³/mol. The molecular weight excluding hydrogens is 258 g/mol. The van der Waals surface area contributed by atoms with Gasteiger partial charge in [-0.15, -0.1) is 0 Å². The molecule has 20 heavy (non-hydrogen) atoms. The van der Waals surface area contributed by atoms with Crippen molar-refractivity contribution in [2.45, 2.75) is 46.5 Å². The first kappa shape index (κ1) is 16.6. The van der Waals surface area contributed by atoms with Crippen molar-refractivity contribution in [3.05, 3.63) is 0 Å². The molecule has 0 aromatic carbocycles. The summed E-state index contributed by atoms with van der Waals surface area (Å²) in [7, 11) is 0. The molecule has 0 aromatic rings. The Morgan fingerprint density at radius 1 is 1.25 bits per heavy atom. The van der Waals surface area contributed by atoms with Crippen LogP contribution in [0.15, 0.2) is 4.99 Å². The molecule has 1 saturated heterocycles. The fourth-order valence-electron chi connectivity index (χ4n) is 2.71. The van der Waals surface area contributed by atoms with Crippen molar-refractivity contribution in [3.63, 3.8) is 0 Å². The van der Waals surface area contributed by atoms with Crippen LogP contribution in [0.1, 0.15) is 46.5 Å². The van der Waals surface area contributed by atoms with Gasteiger partial charge in [-0.25, -0.2) is 0 Å². The summed E-state index contributed by atoms with van der Waals surface area (Å²) < 4.78 is 0. The third kappa shape index (κ3) is 3.17. The van der Waals surface area contributed by atoms with Crippen LogP contribution >= 0.6 is 0 Å². The molecule has 0 radical (unpaired) electrons. The van der Waals surface area contributed by atoms with Crippen LogP contribution in [0.25, 0.3) is 0 Å². The van der Waals surface area contributed by atoms with Gasteiger partial charge in [0.25, 0.3) is 0 Å². The smallest absolute Gasteiger partial charge is 0.242 e. The van der Waals surface area contributed by atoms with Gasteiger partial charge in [-0.3, -0.25) is 25.2 Å². The Morgan fingerprint density at radius 3 is 2.30 bits per heavy atom. The third-order valence-electron chi connectivity index (χ3n) is 3.98. The van der Waals surface area contributed by atoms with E-state index in [4.69, 9.17) is 5.11 Å². The zero-order valence-corrected chi connectivity index (χ0v) is 12.5. The van der Waals surface area contributed by atoms with Crippen LogP contribution in [0.5, 0.6) is 0 Å². The number of carbonyl (C=O) groups excluding carboxylic acids is 2. The largest absolute Gasteiger partial charge is 0.396 e. The molecule has 1 aliphatic heterocycles. The standard InChI is InChI=1S/C14H25N3O3/c1-4-7-10(3)14(5-2)11(19)16-13(17-12(14)20)15-8-6-9-18/h10,18H,4-9H2,1-3H3,(H2,15,16,17,19,20). The van der Waals surface area contributed by atoms with Gasteiger partial charge in [0.05, 0.1) is 0 Å². The fourth-order valence-corrected chi connectivity index (χ4v) is 2.71. The highest BCUT2D eigenvalue weighted by atomic mass is 16.3. The third-order valence-corrected chi connectivity index (χ3v) is 3.98. The molecule has 1 fully saturated rings. The molecule has 6 heteroatoms. The first-order valence-electron chi connectivity index (χ1n) is 7.31. The summed E-state index contributed by atoms with van der Waals surface area (Å²) in [5.41, 5.74) is -1.01. The number of nitrogens with one attached hydrogen (secondary N) is 2. The van der Waals surface area contributed by atoms with Crippen LogP contribution < -0.4 is 10.6 Å². The summed E-state index contributed by atoms with van der Waals surface area (Å²) in [6.07, 6.45) is 2.72. The molecule has 1 unspecified atom stereocenters. The molecule has 1 heterocycles. The van der Waals surface area contributed by atoms with E-state index in [1.807, 2.05) is 20.8 Å². The number of guanidine groups is 1. The number of carbonyl (C=O) groups is 2. The van der Waals surface area contributed by atoms with Crippen molar-refractivity contribution in [3.8, 4) is 0 Å². The highest BCUT2D eigenvalue weighted by molar-refractivity contribution is 6.20. The quantitative estimate of drug-likeness (QED) is 0.477. The second kappa shape index (κ2) is 7.38. The van der Waals surface area contributed by atoms with Crippen LogP contribution in [0.3, 0.4) is 0 Å². The molecule has 114 valence electrons. The molecule has 0 bridgehead atoms. The zero-order valence-electron chi connectivity index (χ0n) is 12.5. The van der Waals surface area contributed by atoms with Crippen molar-refractivity contribution in [1.82, 2.24) is 10.6 Å². The number of aliphatic hydroxyl groups excluding tert-OH is 1. The molecule has 2 amide bonds. The maximum absolute atomic E-state index is 12.4. The number of hydrogen-bond acceptors (Lipinski definition) is 4. The summed E-state index contributed by atoms with van der Waals surface area (Å²) in [6, 6.07) is 0. The van der Waals surface area contributed by atoms with Crippen molar-refractivity contribution < 1.29 is 14.7 Å². The molecule has 6 nitrogen and oxygen atoms in total. The van der Waals surface area contributed by atoms with Crippen LogP contribution in [-0.4, -0.2) is 36.0 Å². The van der Waals surface area contributed by atoms with Crippen LogP contribution in [0, 0.1) is 11.3 Å². The van der Waals surface area contributed by atoms with Crippen LogP contribution in [-0.2, 0) is 9.59 Å². The summed E-state index contributed by atoms with van der Waals surface area (Å²) in [5.74, 6) is -0.363. The van der Waals surface area contributed by atoms with Crippen LogP contribution in [0.2, 0.25) is 0 Å². The lowest BCUT2D eigenvalue weighted by Crippen LogP contribution is -2.65. The minimum atomic E-state index is -1.01. The Balaban J connectivity index is 2.89. The van der Waals surface area contributed by atoms with Gasteiger partial charge >= 0.3 is 0 Å². The van der Waals surface area contributed by atoms with E-state index in [0.29, 0.717) is 19.4 Å². The van der Waals surface area contributed by atoms with Gasteiger partial charge in [0.15, 0.2) is 0 Å². The van der Waals surface area contributed by atoms with Gasteiger partial charge in [-0.05, 0) is 25.2 Å². The molecule has 1 atom stereocenters. The average Bonchev–Trinajstić information content (AvgIpc) is 2.39. The van der Waals surface area contributed by atoms with Crippen molar-refractivity contribution in [2.24, 2.45) is 16.3 Å². The van der Waals surface area contributed by atoms with Crippen LogP contribution in [0.4, 0.5) is 0 Å². The molecule has 1 rings (SSSR count). The topological polar surface area (TPSA) is 90.8 Å². The molecule has 0 aliphatic carbocycles. The van der Waals surface area contributed by atoms with Gasteiger partial charge in [-0.2, -0.15) is 0 Å². The first-order valence-corrected chi connectivity index (χ1v) is 7.31. The highest BCUT2D eigenvalue weighted by Gasteiger charge is 2.51. The van der Waals surface area contributed by atoms with Crippen molar-refractivity contribution in [2.75, 3.05) is 13.2 Å². The van der Waals surface area contributed by atoms with E-state index in [0.717, 1.165) is 12.8 Å². The second-order valence-corrected chi connectivity index (χ2v) is 5.23. The SMILES string of the molecule is CCCC(C)C1(CC)C(=O)NC(=NCCCO)NC1=O. The monoisotopic (exact) mass is 283 g/mol. The molecule has 1 aliphatic rings. The highest BCUT2D eigenvalue weighted by Crippen LogP contribution is 2.36. The lowest BCUT2D eigenvalue weighted by molar-refractivity contribution is -0.148. The lowest BCUT2D eigenvalue weighted by atomic mass is 9.70. The Bertz CT molecular complexity index is 373. The van der Waals surface area contributed by atoms with Gasteiger partial charge in [0, 0.05) is 13.2 Å². The van der Waals surface area contributed by atoms with E-state index in [1.54, 1.807) is 0 Å². The Morgan fingerprint density at radius 2 is 1.85 bits per heavy atom. The molecule has 3 N–H and O–H groups in total. The summed E-state index contributed by atoms with van der Waals surface area (Å²) in [6.45, 7) is 6.25. The van der Waals surface area contributed by atoms with Crippen molar-refractivity contribution >= 4 is 17.8 Å². The Labute approximate surface area is 120 Å². The maximum atomic E-state index is 12.4. The summed E-state index contributed by atoms with van der Waals surface area (Å²) in [4.78, 5) is 28.9. The number of nitrogens with zero attached hydrogens (tertiary/aromatic N) is 1. The van der Waals surface area contributed by atoms with Gasteiger partial charge in [-0.1, -0.05) is 27.2 Å². The fraction of sp³-hybridized carbons (Fsp3) is 0.786. The number of rotatable bonds is 7. The van der Waals surface area contributed by atoms with E-state index in [1.165, 1.54) is 0 Å². The Kier molecular flexibility index (Phi) is 6.13. The van der Waals surface area contributed by atoms with Crippen molar-refractivity contribution in [1.29, 1.82) is 0 Å².